The second-order valence-corrected chi connectivity index (χ2v) is 6.20. The molecule has 0 saturated heterocycles. The molecule has 100 valence electrons. The molecule has 0 spiro atoms. The molecular formula is C15H29NO. The first-order valence-corrected chi connectivity index (χ1v) is 7.20. The summed E-state index contributed by atoms with van der Waals surface area (Å²) in [7, 11) is 4.16. The Labute approximate surface area is 107 Å². The molecule has 1 aliphatic carbocycles. The Bertz CT molecular complexity index is 237. The Hall–Kier alpha value is -0.370. The summed E-state index contributed by atoms with van der Waals surface area (Å²) in [5, 5.41) is 0. The average Bonchev–Trinajstić information content (AvgIpc) is 2.51. The van der Waals surface area contributed by atoms with Crippen LogP contribution in [-0.4, -0.2) is 30.3 Å². The molecule has 0 atom stereocenters. The lowest BCUT2D eigenvalue weighted by Crippen LogP contribution is -2.50. The highest BCUT2D eigenvalue weighted by atomic mass is 16.1. The Morgan fingerprint density at radius 3 is 2.06 bits per heavy atom. The molecule has 1 saturated carbocycles. The molecule has 1 rings (SSSR count). The Balaban J connectivity index is 2.71. The maximum Gasteiger partial charge on any atom is 0.153 e. The largest absolute Gasteiger partial charge is 0.298 e. The van der Waals surface area contributed by atoms with Crippen LogP contribution in [-0.2, 0) is 4.79 Å². The minimum Gasteiger partial charge on any atom is -0.298 e. The van der Waals surface area contributed by atoms with E-state index in [2.05, 4.69) is 32.8 Å². The van der Waals surface area contributed by atoms with Gasteiger partial charge in [-0.25, -0.2) is 0 Å². The van der Waals surface area contributed by atoms with E-state index in [1.165, 1.54) is 25.7 Å². The molecule has 0 amide bonds. The number of ketones is 1. The van der Waals surface area contributed by atoms with Crippen LogP contribution < -0.4 is 0 Å². The molecule has 0 aromatic carbocycles. The number of Topliss-reactive ketones (excluding diaryl/α,β-unsaturated/α-hetero) is 1. The van der Waals surface area contributed by atoms with Crippen LogP contribution in [0.25, 0.3) is 0 Å². The van der Waals surface area contributed by atoms with Crippen LogP contribution in [0.4, 0.5) is 0 Å². The van der Waals surface area contributed by atoms with Crippen molar-refractivity contribution in [1.29, 1.82) is 0 Å². The number of likely N-dealkylation sites (N-methyl/N-ethyl adjacent to an activating group) is 1. The van der Waals surface area contributed by atoms with Crippen LogP contribution in [0.3, 0.4) is 0 Å². The van der Waals surface area contributed by atoms with Crippen LogP contribution in [0.2, 0.25) is 0 Å². The number of carbonyl (C=O) groups excluding carboxylic acids is 1. The predicted octanol–water partition coefficient (Wildman–Crippen LogP) is 3.65. The van der Waals surface area contributed by atoms with E-state index in [0.717, 1.165) is 25.7 Å². The van der Waals surface area contributed by atoms with Gasteiger partial charge in [-0.2, -0.15) is 0 Å². The molecule has 2 heteroatoms. The van der Waals surface area contributed by atoms with Gasteiger partial charge in [-0.3, -0.25) is 9.69 Å². The molecule has 17 heavy (non-hydrogen) atoms. The highest BCUT2D eigenvalue weighted by Gasteiger charge is 2.39. The van der Waals surface area contributed by atoms with Crippen LogP contribution in [0.1, 0.15) is 65.2 Å². The second kappa shape index (κ2) is 6.53. The SMILES string of the molecule is CC(C)CCC(=O)C1(N(C)C)CCCCCC1. The van der Waals surface area contributed by atoms with Gasteiger partial charge in [0.25, 0.3) is 0 Å². The summed E-state index contributed by atoms with van der Waals surface area (Å²) in [6.07, 6.45) is 8.95. The quantitative estimate of drug-likeness (QED) is 0.683. The normalized spacial score (nSPS) is 20.6. The summed E-state index contributed by atoms with van der Waals surface area (Å²) in [4.78, 5) is 14.8. The number of hydrogen-bond donors (Lipinski definition) is 0. The van der Waals surface area contributed by atoms with Crippen molar-refractivity contribution < 1.29 is 4.79 Å². The molecule has 0 unspecified atom stereocenters. The van der Waals surface area contributed by atoms with E-state index in [1.807, 2.05) is 0 Å². The molecule has 0 bridgehead atoms. The van der Waals surface area contributed by atoms with Crippen LogP contribution in [0.5, 0.6) is 0 Å². The summed E-state index contributed by atoms with van der Waals surface area (Å²) in [5.41, 5.74) is -0.147. The topological polar surface area (TPSA) is 20.3 Å². The van der Waals surface area contributed by atoms with E-state index in [4.69, 9.17) is 0 Å². The highest BCUT2D eigenvalue weighted by molar-refractivity contribution is 5.88. The number of hydrogen-bond acceptors (Lipinski definition) is 2. The molecule has 1 fully saturated rings. The standard InChI is InChI=1S/C15H29NO/c1-13(2)9-10-14(17)15(16(3)4)11-7-5-6-8-12-15/h13H,5-12H2,1-4H3. The fourth-order valence-electron chi connectivity index (χ4n) is 2.94. The second-order valence-electron chi connectivity index (χ2n) is 6.20. The van der Waals surface area contributed by atoms with Gasteiger partial charge in [0.15, 0.2) is 5.78 Å². The lowest BCUT2D eigenvalue weighted by molar-refractivity contribution is -0.131. The van der Waals surface area contributed by atoms with E-state index >= 15 is 0 Å². The lowest BCUT2D eigenvalue weighted by Gasteiger charge is -2.38. The molecule has 0 aromatic heterocycles. The summed E-state index contributed by atoms with van der Waals surface area (Å²) < 4.78 is 0. The fraction of sp³-hybridized carbons (Fsp3) is 0.933. The fourth-order valence-corrected chi connectivity index (χ4v) is 2.94. The summed E-state index contributed by atoms with van der Waals surface area (Å²) >= 11 is 0. The van der Waals surface area contributed by atoms with Gasteiger partial charge in [-0.15, -0.1) is 0 Å². The van der Waals surface area contributed by atoms with Gasteiger partial charge in [0.1, 0.15) is 0 Å². The van der Waals surface area contributed by atoms with Crippen molar-refractivity contribution in [2.75, 3.05) is 14.1 Å². The number of carbonyl (C=O) groups is 1. The predicted molar refractivity (Wildman–Crippen MR) is 73.2 cm³/mol. The Kier molecular flexibility index (Phi) is 5.64. The zero-order chi connectivity index (χ0) is 12.9. The van der Waals surface area contributed by atoms with Gasteiger partial charge in [0, 0.05) is 6.42 Å². The van der Waals surface area contributed by atoms with Crippen molar-refractivity contribution in [1.82, 2.24) is 4.90 Å². The zero-order valence-corrected chi connectivity index (χ0v) is 12.1. The molecule has 0 radical (unpaired) electrons. The minimum atomic E-state index is -0.147. The minimum absolute atomic E-state index is 0.147. The molecule has 0 aliphatic heterocycles. The maximum atomic E-state index is 12.6. The van der Waals surface area contributed by atoms with Gasteiger partial charge in [0.2, 0.25) is 0 Å². The first kappa shape index (κ1) is 14.7. The van der Waals surface area contributed by atoms with Gasteiger partial charge in [-0.1, -0.05) is 39.5 Å². The maximum absolute atomic E-state index is 12.6. The summed E-state index contributed by atoms with van der Waals surface area (Å²) in [6, 6.07) is 0. The smallest absolute Gasteiger partial charge is 0.153 e. The molecule has 0 heterocycles. The van der Waals surface area contributed by atoms with E-state index in [1.54, 1.807) is 0 Å². The molecular weight excluding hydrogens is 210 g/mol. The van der Waals surface area contributed by atoms with Gasteiger partial charge in [0.05, 0.1) is 5.54 Å². The molecule has 0 N–H and O–H groups in total. The number of nitrogens with zero attached hydrogens (tertiary/aromatic N) is 1. The van der Waals surface area contributed by atoms with Crippen LogP contribution >= 0.6 is 0 Å². The van der Waals surface area contributed by atoms with E-state index < -0.39 is 0 Å². The van der Waals surface area contributed by atoms with Gasteiger partial charge >= 0.3 is 0 Å². The van der Waals surface area contributed by atoms with Crippen molar-refractivity contribution in [2.24, 2.45) is 5.92 Å². The third kappa shape index (κ3) is 3.80. The highest BCUT2D eigenvalue weighted by Crippen LogP contribution is 2.33. The van der Waals surface area contributed by atoms with Crippen LogP contribution in [0, 0.1) is 5.92 Å². The van der Waals surface area contributed by atoms with Crippen molar-refractivity contribution in [3.63, 3.8) is 0 Å². The summed E-state index contributed by atoms with van der Waals surface area (Å²) in [6.45, 7) is 4.39. The third-order valence-electron chi connectivity index (χ3n) is 4.25. The van der Waals surface area contributed by atoms with Gasteiger partial charge in [-0.05, 0) is 39.3 Å². The van der Waals surface area contributed by atoms with E-state index in [-0.39, 0.29) is 5.54 Å². The summed E-state index contributed by atoms with van der Waals surface area (Å²) in [5.74, 6) is 1.11. The Morgan fingerprint density at radius 2 is 1.65 bits per heavy atom. The van der Waals surface area contributed by atoms with Gasteiger partial charge < -0.3 is 0 Å². The van der Waals surface area contributed by atoms with Crippen molar-refractivity contribution >= 4 is 5.78 Å². The molecule has 1 aliphatic rings. The Morgan fingerprint density at radius 1 is 1.12 bits per heavy atom. The van der Waals surface area contributed by atoms with Crippen LogP contribution in [0.15, 0.2) is 0 Å². The van der Waals surface area contributed by atoms with E-state index in [0.29, 0.717) is 11.7 Å². The number of rotatable bonds is 5. The third-order valence-corrected chi connectivity index (χ3v) is 4.25. The zero-order valence-electron chi connectivity index (χ0n) is 12.1. The van der Waals surface area contributed by atoms with E-state index in [9.17, 15) is 4.79 Å². The lowest BCUT2D eigenvalue weighted by atomic mass is 9.82. The van der Waals surface area contributed by atoms with Crippen molar-refractivity contribution in [2.45, 2.75) is 70.8 Å². The molecule has 2 nitrogen and oxygen atoms in total. The molecule has 0 aromatic rings. The average molecular weight is 239 g/mol. The monoisotopic (exact) mass is 239 g/mol. The first-order valence-electron chi connectivity index (χ1n) is 7.20. The van der Waals surface area contributed by atoms with Crippen molar-refractivity contribution in [3.05, 3.63) is 0 Å². The first-order chi connectivity index (χ1) is 7.99. The van der Waals surface area contributed by atoms with Crippen molar-refractivity contribution in [3.8, 4) is 0 Å².